The summed E-state index contributed by atoms with van der Waals surface area (Å²) in [6, 6.07) is 1.79. The van der Waals surface area contributed by atoms with Crippen LogP contribution in [0.5, 0.6) is 0 Å². The van der Waals surface area contributed by atoms with E-state index >= 15 is 0 Å². The van der Waals surface area contributed by atoms with Crippen LogP contribution in [0.4, 0.5) is 5.69 Å². The molecule has 1 aliphatic rings. The molecule has 0 unspecified atom stereocenters. The Morgan fingerprint density at radius 3 is 2.88 bits per heavy atom. The Balaban J connectivity index is 2.04. The lowest BCUT2D eigenvalue weighted by molar-refractivity contribution is 0.122. The van der Waals surface area contributed by atoms with Crippen molar-refractivity contribution in [3.8, 4) is 0 Å². The fraction of sp³-hybridized carbons (Fsp3) is 0.444. The molecule has 3 heterocycles. The van der Waals surface area contributed by atoms with Crippen molar-refractivity contribution in [2.24, 2.45) is 0 Å². The van der Waals surface area contributed by atoms with Gasteiger partial charge in [-0.05, 0) is 0 Å². The number of morpholine rings is 1. The van der Waals surface area contributed by atoms with Crippen LogP contribution in [-0.2, 0) is 4.74 Å². The first-order valence-electron chi connectivity index (χ1n) is 5.23. The van der Waals surface area contributed by atoms with E-state index in [-0.39, 0.29) is 0 Å². The number of ether oxygens (including phenoxy) is 1. The number of rotatable bonds is 1. The van der Waals surface area contributed by atoms with Gasteiger partial charge in [-0.25, -0.2) is 4.79 Å². The van der Waals surface area contributed by atoms with E-state index < -0.39 is 5.69 Å². The van der Waals surface area contributed by atoms with Crippen LogP contribution in [0.25, 0.3) is 5.65 Å². The summed E-state index contributed by atoms with van der Waals surface area (Å²) in [5.74, 6) is 0. The van der Waals surface area contributed by atoms with E-state index in [2.05, 4.69) is 15.1 Å². The third-order valence-electron chi connectivity index (χ3n) is 2.70. The summed E-state index contributed by atoms with van der Waals surface area (Å²) >= 11 is 5.59. The zero-order chi connectivity index (χ0) is 11.8. The van der Waals surface area contributed by atoms with Gasteiger partial charge in [-0.2, -0.15) is 9.61 Å². The zero-order valence-corrected chi connectivity index (χ0v) is 9.67. The summed E-state index contributed by atoms with van der Waals surface area (Å²) in [6.07, 6.45) is 1.64. The number of hydrogen-bond donors (Lipinski definition) is 0. The van der Waals surface area contributed by atoms with Crippen LogP contribution in [0.2, 0.25) is 0 Å². The molecule has 1 saturated heterocycles. The third-order valence-corrected chi connectivity index (χ3v) is 2.93. The monoisotopic (exact) mass is 255 g/mol. The standard InChI is InChI=1S/C9H10ClN5O2/c10-15-9(16)14-8(12-15)5-7(6-11-14)13-1-3-17-4-2-13/h5-6H,1-4H2. The number of anilines is 1. The molecule has 2 aromatic heterocycles. The smallest absolute Gasteiger partial charge is 0.378 e. The van der Waals surface area contributed by atoms with Crippen LogP contribution in [0.1, 0.15) is 0 Å². The van der Waals surface area contributed by atoms with Crippen molar-refractivity contribution in [2.75, 3.05) is 31.2 Å². The second kappa shape index (κ2) is 4.01. The van der Waals surface area contributed by atoms with E-state index in [9.17, 15) is 4.79 Å². The van der Waals surface area contributed by atoms with Crippen LogP contribution >= 0.6 is 11.8 Å². The van der Waals surface area contributed by atoms with Crippen LogP contribution in [0.3, 0.4) is 0 Å². The largest absolute Gasteiger partial charge is 0.382 e. The SMILES string of the molecule is O=c1n(Cl)nc2cc(N3CCOCC3)cnn12. The molecule has 0 saturated carbocycles. The Bertz CT molecular complexity index is 601. The number of halogens is 1. The summed E-state index contributed by atoms with van der Waals surface area (Å²) in [4.78, 5) is 13.6. The molecule has 0 aliphatic carbocycles. The summed E-state index contributed by atoms with van der Waals surface area (Å²) < 4.78 is 7.19. The maximum absolute atomic E-state index is 11.5. The number of aromatic nitrogens is 4. The Morgan fingerprint density at radius 1 is 1.35 bits per heavy atom. The van der Waals surface area contributed by atoms with Gasteiger partial charge in [0, 0.05) is 30.9 Å². The average molecular weight is 256 g/mol. The summed E-state index contributed by atoms with van der Waals surface area (Å²) in [6.45, 7) is 3.01. The Morgan fingerprint density at radius 2 is 2.12 bits per heavy atom. The van der Waals surface area contributed by atoms with E-state index in [4.69, 9.17) is 16.5 Å². The van der Waals surface area contributed by atoms with Crippen molar-refractivity contribution in [2.45, 2.75) is 0 Å². The minimum atomic E-state index is -0.463. The topological polar surface area (TPSA) is 64.7 Å². The highest BCUT2D eigenvalue weighted by atomic mass is 35.5. The summed E-state index contributed by atoms with van der Waals surface area (Å²) in [5.41, 5.74) is 0.896. The first-order valence-corrected chi connectivity index (χ1v) is 5.56. The maximum Gasteiger partial charge on any atom is 0.382 e. The van der Waals surface area contributed by atoms with Gasteiger partial charge in [-0.1, -0.05) is 0 Å². The van der Waals surface area contributed by atoms with E-state index in [1.807, 2.05) is 0 Å². The Hall–Kier alpha value is -1.60. The average Bonchev–Trinajstić information content (AvgIpc) is 2.66. The normalized spacial score (nSPS) is 16.6. The summed E-state index contributed by atoms with van der Waals surface area (Å²) in [5, 5.41) is 7.91. The lowest BCUT2D eigenvalue weighted by Crippen LogP contribution is -2.36. The van der Waals surface area contributed by atoms with E-state index in [0.717, 1.165) is 27.5 Å². The minimum Gasteiger partial charge on any atom is -0.378 e. The van der Waals surface area contributed by atoms with Crippen LogP contribution in [-0.4, -0.2) is 45.2 Å². The lowest BCUT2D eigenvalue weighted by atomic mass is 10.3. The molecule has 0 radical (unpaired) electrons. The van der Waals surface area contributed by atoms with Crippen molar-refractivity contribution >= 4 is 23.1 Å². The Kier molecular flexibility index (Phi) is 2.49. The van der Waals surface area contributed by atoms with E-state index in [1.165, 1.54) is 0 Å². The molecular weight excluding hydrogens is 246 g/mol. The first kappa shape index (κ1) is 10.5. The fourth-order valence-electron chi connectivity index (χ4n) is 1.83. The second-order valence-corrected chi connectivity index (χ2v) is 4.05. The van der Waals surface area contributed by atoms with E-state index in [1.54, 1.807) is 12.3 Å². The Labute approximate surface area is 101 Å². The third kappa shape index (κ3) is 1.77. The molecule has 0 atom stereocenters. The molecular formula is C9H10ClN5O2. The van der Waals surface area contributed by atoms with Crippen molar-refractivity contribution < 1.29 is 4.74 Å². The molecule has 8 heteroatoms. The molecule has 0 amide bonds. The van der Waals surface area contributed by atoms with Crippen LogP contribution < -0.4 is 10.6 Å². The predicted molar refractivity (Wildman–Crippen MR) is 61.5 cm³/mol. The molecule has 3 rings (SSSR count). The second-order valence-electron chi connectivity index (χ2n) is 3.73. The molecule has 2 aromatic rings. The van der Waals surface area contributed by atoms with Crippen LogP contribution in [0.15, 0.2) is 17.1 Å². The van der Waals surface area contributed by atoms with Crippen LogP contribution in [0, 0.1) is 0 Å². The van der Waals surface area contributed by atoms with Gasteiger partial charge in [0.05, 0.1) is 25.1 Å². The van der Waals surface area contributed by atoms with Crippen molar-refractivity contribution in [1.82, 2.24) is 18.9 Å². The number of fused-ring (bicyclic) bond motifs is 1. The molecule has 7 nitrogen and oxygen atoms in total. The van der Waals surface area contributed by atoms with Gasteiger partial charge in [0.25, 0.3) is 0 Å². The van der Waals surface area contributed by atoms with Gasteiger partial charge in [-0.15, -0.1) is 9.30 Å². The highest BCUT2D eigenvalue weighted by molar-refractivity contribution is 6.14. The number of nitrogens with zero attached hydrogens (tertiary/aromatic N) is 5. The highest BCUT2D eigenvalue weighted by Crippen LogP contribution is 2.15. The molecule has 90 valence electrons. The zero-order valence-electron chi connectivity index (χ0n) is 8.91. The summed E-state index contributed by atoms with van der Waals surface area (Å²) in [7, 11) is 0. The van der Waals surface area contributed by atoms with Gasteiger partial charge in [0.2, 0.25) is 0 Å². The minimum absolute atomic E-state index is 0.439. The fourth-order valence-corrected chi connectivity index (χ4v) is 1.98. The van der Waals surface area contributed by atoms with Crippen molar-refractivity contribution in [3.63, 3.8) is 0 Å². The molecule has 1 fully saturated rings. The molecule has 0 aromatic carbocycles. The van der Waals surface area contributed by atoms with Gasteiger partial charge in [0.15, 0.2) is 5.65 Å². The molecule has 17 heavy (non-hydrogen) atoms. The maximum atomic E-state index is 11.5. The van der Waals surface area contributed by atoms with Crippen molar-refractivity contribution in [3.05, 3.63) is 22.7 Å². The highest BCUT2D eigenvalue weighted by Gasteiger charge is 2.14. The first-order chi connectivity index (χ1) is 8.25. The lowest BCUT2D eigenvalue weighted by Gasteiger charge is -2.28. The van der Waals surface area contributed by atoms with Gasteiger partial charge < -0.3 is 9.64 Å². The van der Waals surface area contributed by atoms with E-state index in [0.29, 0.717) is 18.9 Å². The molecule has 1 aliphatic heterocycles. The molecule has 0 spiro atoms. The van der Waals surface area contributed by atoms with Gasteiger partial charge in [0.1, 0.15) is 0 Å². The molecule has 0 bridgehead atoms. The quantitative estimate of drug-likeness (QED) is 0.702. The van der Waals surface area contributed by atoms with Crippen molar-refractivity contribution in [1.29, 1.82) is 0 Å². The predicted octanol–water partition coefficient (Wildman–Crippen LogP) is -0.271. The van der Waals surface area contributed by atoms with Gasteiger partial charge >= 0.3 is 5.69 Å². The van der Waals surface area contributed by atoms with Gasteiger partial charge in [-0.3, -0.25) is 0 Å². The number of hydrogen-bond acceptors (Lipinski definition) is 5. The molecule has 0 N–H and O–H groups in total.